The molecule has 0 aromatic rings. The second-order valence-electron chi connectivity index (χ2n) is 1.85. The molecular formula is C5H7NO3. The van der Waals surface area contributed by atoms with Gasteiger partial charge in [-0.1, -0.05) is 0 Å². The molecular weight excluding hydrogens is 122 g/mol. The lowest BCUT2D eigenvalue weighted by molar-refractivity contribution is -0.159. The molecule has 1 heterocycles. The standard InChI is InChI=1S/C5H7NO3/c1-3-5(8)6-2-4(7)9-3/h3H,2H2,1H3,(H,6,8)/t3-/m1/s1. The number of ether oxygens (including phenoxy) is 1. The van der Waals surface area contributed by atoms with Gasteiger partial charge in [-0.15, -0.1) is 0 Å². The molecule has 1 rings (SSSR count). The maximum Gasteiger partial charge on any atom is 0.326 e. The van der Waals surface area contributed by atoms with Crippen LogP contribution in [0.3, 0.4) is 0 Å². The molecule has 1 N–H and O–H groups in total. The first-order valence-electron chi connectivity index (χ1n) is 2.67. The van der Waals surface area contributed by atoms with Crippen molar-refractivity contribution >= 4 is 11.9 Å². The number of amides is 1. The fraction of sp³-hybridized carbons (Fsp3) is 0.600. The number of carbonyl (C=O) groups excluding carboxylic acids is 2. The summed E-state index contributed by atoms with van der Waals surface area (Å²) in [4.78, 5) is 20.9. The molecule has 0 bridgehead atoms. The van der Waals surface area contributed by atoms with Crippen molar-refractivity contribution < 1.29 is 14.3 Å². The third-order valence-corrected chi connectivity index (χ3v) is 1.08. The first-order chi connectivity index (χ1) is 4.20. The van der Waals surface area contributed by atoms with Crippen molar-refractivity contribution in [2.24, 2.45) is 0 Å². The summed E-state index contributed by atoms with van der Waals surface area (Å²) in [7, 11) is 0. The van der Waals surface area contributed by atoms with Crippen molar-refractivity contribution in [3.05, 3.63) is 0 Å². The molecule has 0 aromatic carbocycles. The second kappa shape index (κ2) is 2.05. The first kappa shape index (κ1) is 6.07. The van der Waals surface area contributed by atoms with E-state index >= 15 is 0 Å². The number of rotatable bonds is 0. The van der Waals surface area contributed by atoms with Crippen LogP contribution in [0.1, 0.15) is 6.92 Å². The molecule has 0 unspecified atom stereocenters. The number of nitrogens with one attached hydrogen (secondary N) is 1. The van der Waals surface area contributed by atoms with Crippen molar-refractivity contribution in [1.29, 1.82) is 0 Å². The average Bonchev–Trinajstić information content (AvgIpc) is 1.80. The molecule has 1 aliphatic heterocycles. The maximum absolute atomic E-state index is 10.6. The Morgan fingerprint density at radius 2 is 2.33 bits per heavy atom. The van der Waals surface area contributed by atoms with E-state index in [1.54, 1.807) is 0 Å². The third-order valence-electron chi connectivity index (χ3n) is 1.08. The predicted octanol–water partition coefficient (Wildman–Crippen LogP) is -0.952. The van der Waals surface area contributed by atoms with Gasteiger partial charge in [-0.3, -0.25) is 9.59 Å². The molecule has 4 heteroatoms. The quantitative estimate of drug-likeness (QED) is 0.429. The Morgan fingerprint density at radius 3 is 2.78 bits per heavy atom. The van der Waals surface area contributed by atoms with Gasteiger partial charge < -0.3 is 10.1 Å². The van der Waals surface area contributed by atoms with Gasteiger partial charge in [0.25, 0.3) is 5.91 Å². The molecule has 4 nitrogen and oxygen atoms in total. The molecule has 0 aliphatic carbocycles. The van der Waals surface area contributed by atoms with E-state index in [1.165, 1.54) is 6.92 Å². The molecule has 0 radical (unpaired) electrons. The molecule has 50 valence electrons. The van der Waals surface area contributed by atoms with Crippen LogP contribution in [0.2, 0.25) is 0 Å². The highest BCUT2D eigenvalue weighted by Crippen LogP contribution is 1.95. The zero-order valence-electron chi connectivity index (χ0n) is 5.01. The summed E-state index contributed by atoms with van der Waals surface area (Å²) in [6.07, 6.45) is -0.619. The molecule has 1 amide bonds. The smallest absolute Gasteiger partial charge is 0.326 e. The van der Waals surface area contributed by atoms with Crippen molar-refractivity contribution in [3.8, 4) is 0 Å². The predicted molar refractivity (Wildman–Crippen MR) is 28.6 cm³/mol. The molecule has 0 aromatic heterocycles. The summed E-state index contributed by atoms with van der Waals surface area (Å²) in [5.74, 6) is -0.600. The van der Waals surface area contributed by atoms with Crippen molar-refractivity contribution in [2.45, 2.75) is 13.0 Å². The molecule has 1 saturated heterocycles. The van der Waals surface area contributed by atoms with Crippen LogP contribution in [0.5, 0.6) is 0 Å². The van der Waals surface area contributed by atoms with Gasteiger partial charge >= 0.3 is 5.97 Å². The number of carbonyl (C=O) groups is 2. The van der Waals surface area contributed by atoms with E-state index in [0.717, 1.165) is 0 Å². The van der Waals surface area contributed by atoms with Crippen LogP contribution in [0.4, 0.5) is 0 Å². The molecule has 0 spiro atoms. The van der Waals surface area contributed by atoms with E-state index < -0.39 is 6.10 Å². The highest BCUT2D eigenvalue weighted by atomic mass is 16.6. The number of morpholine rings is 1. The average molecular weight is 129 g/mol. The van der Waals surface area contributed by atoms with Crippen molar-refractivity contribution in [3.63, 3.8) is 0 Å². The molecule has 9 heavy (non-hydrogen) atoms. The van der Waals surface area contributed by atoms with E-state index in [2.05, 4.69) is 10.1 Å². The zero-order valence-corrected chi connectivity index (χ0v) is 5.01. The van der Waals surface area contributed by atoms with Gasteiger partial charge in [0.2, 0.25) is 0 Å². The zero-order chi connectivity index (χ0) is 6.85. The first-order valence-corrected chi connectivity index (χ1v) is 2.67. The third kappa shape index (κ3) is 1.19. The lowest BCUT2D eigenvalue weighted by atomic mass is 10.3. The minimum atomic E-state index is -0.619. The second-order valence-corrected chi connectivity index (χ2v) is 1.85. The summed E-state index contributed by atoms with van der Waals surface area (Å²) >= 11 is 0. The normalized spacial score (nSPS) is 27.0. The summed E-state index contributed by atoms with van der Waals surface area (Å²) in [5, 5.41) is 2.37. The van der Waals surface area contributed by atoms with Crippen LogP contribution in [0.15, 0.2) is 0 Å². The summed E-state index contributed by atoms with van der Waals surface area (Å²) < 4.78 is 4.55. The van der Waals surface area contributed by atoms with Crippen LogP contribution in [-0.2, 0) is 14.3 Å². The van der Waals surface area contributed by atoms with Crippen LogP contribution >= 0.6 is 0 Å². The highest BCUT2D eigenvalue weighted by molar-refractivity contribution is 5.90. The van der Waals surface area contributed by atoms with Gasteiger partial charge in [-0.25, -0.2) is 0 Å². The molecule has 1 fully saturated rings. The lowest BCUT2D eigenvalue weighted by Crippen LogP contribution is -2.45. The number of esters is 1. The van der Waals surface area contributed by atoms with Gasteiger partial charge in [0, 0.05) is 0 Å². The molecule has 0 saturated carbocycles. The van der Waals surface area contributed by atoms with Crippen LogP contribution < -0.4 is 5.32 Å². The minimum Gasteiger partial charge on any atom is -0.451 e. The molecule has 1 atom stereocenters. The van der Waals surface area contributed by atoms with E-state index in [-0.39, 0.29) is 18.4 Å². The Kier molecular flexibility index (Phi) is 1.38. The van der Waals surface area contributed by atoms with Gasteiger partial charge in [-0.05, 0) is 6.92 Å². The Balaban J connectivity index is 2.54. The minimum absolute atomic E-state index is 0.00315. The summed E-state index contributed by atoms with van der Waals surface area (Å²) in [6, 6.07) is 0. The Labute approximate surface area is 52.2 Å². The van der Waals surface area contributed by atoms with Gasteiger partial charge in [-0.2, -0.15) is 0 Å². The maximum atomic E-state index is 10.6. The van der Waals surface area contributed by atoms with Crippen molar-refractivity contribution in [2.75, 3.05) is 6.54 Å². The Hall–Kier alpha value is -1.06. The van der Waals surface area contributed by atoms with Crippen molar-refractivity contribution in [1.82, 2.24) is 5.32 Å². The van der Waals surface area contributed by atoms with Gasteiger partial charge in [0.15, 0.2) is 6.10 Å². The fourth-order valence-corrected chi connectivity index (χ4v) is 0.595. The van der Waals surface area contributed by atoms with Crippen LogP contribution in [0.25, 0.3) is 0 Å². The number of hydrogen-bond donors (Lipinski definition) is 1. The van der Waals surface area contributed by atoms with Crippen LogP contribution in [0, 0.1) is 0 Å². The summed E-state index contributed by atoms with van der Waals surface area (Å²) in [6.45, 7) is 1.54. The van der Waals surface area contributed by atoms with E-state index in [4.69, 9.17) is 0 Å². The Morgan fingerprint density at radius 1 is 1.67 bits per heavy atom. The van der Waals surface area contributed by atoms with E-state index in [1.807, 2.05) is 0 Å². The summed E-state index contributed by atoms with van der Waals surface area (Å²) in [5.41, 5.74) is 0. The topological polar surface area (TPSA) is 55.4 Å². The SMILES string of the molecule is C[C@H]1OC(=O)CNC1=O. The lowest BCUT2D eigenvalue weighted by Gasteiger charge is -2.17. The van der Waals surface area contributed by atoms with Gasteiger partial charge in [0.05, 0.1) is 0 Å². The number of hydrogen-bond acceptors (Lipinski definition) is 3. The van der Waals surface area contributed by atoms with E-state index in [9.17, 15) is 9.59 Å². The molecule has 1 aliphatic rings. The van der Waals surface area contributed by atoms with Crippen LogP contribution in [-0.4, -0.2) is 24.5 Å². The monoisotopic (exact) mass is 129 g/mol. The van der Waals surface area contributed by atoms with E-state index in [0.29, 0.717) is 0 Å². The highest BCUT2D eigenvalue weighted by Gasteiger charge is 2.22. The van der Waals surface area contributed by atoms with Gasteiger partial charge in [0.1, 0.15) is 6.54 Å². The largest absolute Gasteiger partial charge is 0.451 e. The fourth-order valence-electron chi connectivity index (χ4n) is 0.595. The number of cyclic esters (lactones) is 1. The Bertz CT molecular complexity index is 154.